The molecule has 0 saturated heterocycles. The molecule has 0 unspecified atom stereocenters. The summed E-state index contributed by atoms with van der Waals surface area (Å²) in [5.74, 6) is -3.11. The van der Waals surface area contributed by atoms with Crippen LogP contribution in [0.3, 0.4) is 0 Å². The zero-order valence-electron chi connectivity index (χ0n) is 23.1. The van der Waals surface area contributed by atoms with Crippen molar-refractivity contribution in [2.45, 2.75) is 45.0 Å². The highest BCUT2D eigenvalue weighted by Crippen LogP contribution is 2.36. The van der Waals surface area contributed by atoms with Gasteiger partial charge in [0.1, 0.15) is 0 Å². The lowest BCUT2D eigenvalue weighted by atomic mass is 9.97. The van der Waals surface area contributed by atoms with Crippen molar-refractivity contribution in [3.05, 3.63) is 73.7 Å². The van der Waals surface area contributed by atoms with Crippen molar-refractivity contribution in [3.63, 3.8) is 0 Å². The third kappa shape index (κ3) is 6.85. The number of hydrogen-bond acceptors (Lipinski definition) is 6. The van der Waals surface area contributed by atoms with Gasteiger partial charge in [-0.3, -0.25) is 23.9 Å². The minimum atomic E-state index is -5.16. The first-order valence-corrected chi connectivity index (χ1v) is 14.8. The second kappa shape index (κ2) is 12.8. The van der Waals surface area contributed by atoms with Gasteiger partial charge in [-0.25, -0.2) is 9.67 Å². The molecule has 4 aromatic rings. The summed E-state index contributed by atoms with van der Waals surface area (Å²) in [5.41, 5.74) is -0.280. The molecule has 0 saturated carbocycles. The van der Waals surface area contributed by atoms with Crippen molar-refractivity contribution < 1.29 is 31.5 Å². The fraction of sp³-hybridized carbons (Fsp3) is 0.286. The molecule has 2 bridgehead atoms. The minimum absolute atomic E-state index is 0.0197. The van der Waals surface area contributed by atoms with Crippen molar-refractivity contribution >= 4 is 57.4 Å². The molecule has 2 amide bonds. The molecular formula is C28H22ClF5IN7O3. The largest absolute Gasteiger partial charge is 0.471 e. The monoisotopic (exact) mass is 761 g/mol. The second-order valence-electron chi connectivity index (χ2n) is 10.2. The predicted octanol–water partition coefficient (Wildman–Crippen LogP) is 6.67. The summed E-state index contributed by atoms with van der Waals surface area (Å²) in [6.07, 6.45) is -1.48. The molecule has 0 radical (unpaired) electrons. The molecule has 1 aliphatic rings. The maximum Gasteiger partial charge on any atom is 0.471 e. The van der Waals surface area contributed by atoms with E-state index in [-0.39, 0.29) is 48.7 Å². The van der Waals surface area contributed by atoms with Gasteiger partial charge in [0.2, 0.25) is 5.91 Å². The third-order valence-corrected chi connectivity index (χ3v) is 8.18. The first-order chi connectivity index (χ1) is 21.2. The van der Waals surface area contributed by atoms with Crippen LogP contribution in [0.15, 0.2) is 53.6 Å². The number of anilines is 2. The van der Waals surface area contributed by atoms with E-state index in [9.17, 15) is 36.3 Å². The second-order valence-corrected chi connectivity index (χ2v) is 11.6. The van der Waals surface area contributed by atoms with E-state index in [0.29, 0.717) is 29.6 Å². The van der Waals surface area contributed by atoms with E-state index in [4.69, 9.17) is 11.6 Å². The fourth-order valence-electron chi connectivity index (χ4n) is 4.99. The zero-order valence-corrected chi connectivity index (χ0v) is 26.0. The molecule has 45 heavy (non-hydrogen) atoms. The third-order valence-electron chi connectivity index (χ3n) is 7.18. The molecule has 10 nitrogen and oxygen atoms in total. The summed E-state index contributed by atoms with van der Waals surface area (Å²) in [6.45, 7) is -1.32. The maximum absolute atomic E-state index is 13.9. The summed E-state index contributed by atoms with van der Waals surface area (Å²) < 4.78 is 68.7. The van der Waals surface area contributed by atoms with Gasteiger partial charge in [-0.1, -0.05) is 24.9 Å². The Morgan fingerprint density at radius 3 is 2.60 bits per heavy atom. The van der Waals surface area contributed by atoms with Crippen molar-refractivity contribution in [1.29, 1.82) is 0 Å². The van der Waals surface area contributed by atoms with Crippen LogP contribution in [-0.4, -0.2) is 42.3 Å². The van der Waals surface area contributed by atoms with E-state index < -0.39 is 36.2 Å². The average molecular weight is 762 g/mol. The number of fused-ring (bicyclic) bond motifs is 4. The standard InChI is InChI=1S/C28H22ClF5IN7O3/c1-13-3-2-4-21(19-9-14(7-8-36-19)23-20(38-24(13)44)12-37-42(23)26(30)31)41-22(43)11-18(40-27(41)35)16-10-15(29)5-6-17(16)39-25(45)28(32,33)34/h5-13,21,26H,2-4H2,1H3,(H,38,44)(H,39,45)/t13-,21+/m1/s1. The van der Waals surface area contributed by atoms with E-state index in [1.165, 1.54) is 41.1 Å². The number of benzene rings is 1. The Balaban J connectivity index is 1.62. The van der Waals surface area contributed by atoms with Gasteiger partial charge in [0.05, 0.1) is 40.7 Å². The zero-order chi connectivity index (χ0) is 32.6. The fourth-order valence-corrected chi connectivity index (χ4v) is 6.00. The van der Waals surface area contributed by atoms with E-state index in [1.54, 1.807) is 34.8 Å². The number of carbonyl (C=O) groups is 2. The van der Waals surface area contributed by atoms with Crippen LogP contribution in [0.25, 0.3) is 22.5 Å². The summed E-state index contributed by atoms with van der Waals surface area (Å²) >= 11 is 7.90. The summed E-state index contributed by atoms with van der Waals surface area (Å²) in [7, 11) is 0. The number of aromatic nitrogens is 5. The van der Waals surface area contributed by atoms with Crippen molar-refractivity contribution in [3.8, 4) is 22.5 Å². The van der Waals surface area contributed by atoms with E-state index >= 15 is 0 Å². The van der Waals surface area contributed by atoms with E-state index in [2.05, 4.69) is 20.4 Å². The normalized spacial score (nSPS) is 17.2. The van der Waals surface area contributed by atoms with Gasteiger partial charge < -0.3 is 10.6 Å². The number of nitrogens with zero attached hydrogens (tertiary/aromatic N) is 5. The van der Waals surface area contributed by atoms with Gasteiger partial charge in [-0.2, -0.15) is 27.1 Å². The quantitative estimate of drug-likeness (QED) is 0.136. The lowest BCUT2D eigenvalue weighted by Gasteiger charge is -2.23. The highest BCUT2D eigenvalue weighted by Gasteiger charge is 2.39. The lowest BCUT2D eigenvalue weighted by molar-refractivity contribution is -0.167. The Bertz CT molecular complexity index is 1850. The molecule has 1 aromatic carbocycles. The number of amides is 2. The number of hydrogen-bond donors (Lipinski definition) is 2. The minimum Gasteiger partial charge on any atom is -0.323 e. The Kier molecular flexibility index (Phi) is 9.25. The molecule has 3 aromatic heterocycles. The molecule has 236 valence electrons. The topological polar surface area (TPSA) is 124 Å². The van der Waals surface area contributed by atoms with Crippen molar-refractivity contribution in [1.82, 2.24) is 24.3 Å². The van der Waals surface area contributed by atoms with Gasteiger partial charge in [0, 0.05) is 56.9 Å². The predicted molar refractivity (Wildman–Crippen MR) is 163 cm³/mol. The van der Waals surface area contributed by atoms with Crippen LogP contribution < -0.4 is 16.2 Å². The van der Waals surface area contributed by atoms with Gasteiger partial charge >= 0.3 is 18.6 Å². The number of pyridine rings is 1. The molecule has 0 aliphatic carbocycles. The van der Waals surface area contributed by atoms with Crippen LogP contribution in [0.5, 0.6) is 0 Å². The molecule has 2 atom stereocenters. The molecule has 2 N–H and O–H groups in total. The van der Waals surface area contributed by atoms with Crippen LogP contribution in [0.4, 0.5) is 33.3 Å². The first kappa shape index (κ1) is 32.5. The van der Waals surface area contributed by atoms with E-state index in [0.717, 1.165) is 12.3 Å². The molecule has 1 aliphatic heterocycles. The van der Waals surface area contributed by atoms with E-state index in [1.807, 2.05) is 0 Å². The van der Waals surface area contributed by atoms with Crippen LogP contribution in [-0.2, 0) is 9.59 Å². The Morgan fingerprint density at radius 2 is 1.91 bits per heavy atom. The molecule has 17 heteroatoms. The average Bonchev–Trinajstić information content (AvgIpc) is 3.39. The van der Waals surface area contributed by atoms with Gasteiger partial charge in [0.25, 0.3) is 5.56 Å². The SMILES string of the molecule is C[C@@H]1CCC[C@H](n2c(I)nc(-c3cc(Cl)ccc3NC(=O)C(F)(F)F)cc2=O)c2cc(ccn2)-c2c(cnn2C(F)F)NC1=O. The number of alkyl halides is 5. The highest BCUT2D eigenvalue weighted by atomic mass is 127. The molecule has 4 heterocycles. The molecular weight excluding hydrogens is 740 g/mol. The summed E-state index contributed by atoms with van der Waals surface area (Å²) in [6, 6.07) is 7.05. The Labute approximate surface area is 270 Å². The number of nitrogens with one attached hydrogen (secondary N) is 2. The van der Waals surface area contributed by atoms with Crippen LogP contribution in [0.1, 0.15) is 44.5 Å². The highest BCUT2D eigenvalue weighted by molar-refractivity contribution is 14.1. The molecule has 0 fully saturated rings. The molecule has 0 spiro atoms. The Morgan fingerprint density at radius 1 is 1.16 bits per heavy atom. The maximum atomic E-state index is 13.9. The van der Waals surface area contributed by atoms with Crippen molar-refractivity contribution in [2.75, 3.05) is 10.6 Å². The van der Waals surface area contributed by atoms with Crippen LogP contribution >= 0.6 is 34.2 Å². The van der Waals surface area contributed by atoms with Crippen LogP contribution in [0, 0.1) is 9.75 Å². The number of rotatable bonds is 4. The van der Waals surface area contributed by atoms with Crippen LogP contribution in [0.2, 0.25) is 5.02 Å². The molecule has 5 rings (SSSR count). The smallest absolute Gasteiger partial charge is 0.323 e. The Hall–Kier alpha value is -3.93. The number of carbonyl (C=O) groups excluding carboxylic acids is 2. The lowest BCUT2D eigenvalue weighted by Crippen LogP contribution is -2.31. The van der Waals surface area contributed by atoms with Gasteiger partial charge in [0.15, 0.2) is 3.83 Å². The van der Waals surface area contributed by atoms with Gasteiger partial charge in [-0.15, -0.1) is 0 Å². The van der Waals surface area contributed by atoms with Gasteiger partial charge in [-0.05, 0) is 43.2 Å². The first-order valence-electron chi connectivity index (χ1n) is 13.3. The van der Waals surface area contributed by atoms with Crippen molar-refractivity contribution in [2.24, 2.45) is 5.92 Å². The summed E-state index contributed by atoms with van der Waals surface area (Å²) in [5, 5.41) is 8.35. The summed E-state index contributed by atoms with van der Waals surface area (Å²) in [4.78, 5) is 47.2. The number of halogens is 7.